The molecule has 0 saturated carbocycles. The molecule has 2 heterocycles. The van der Waals surface area contributed by atoms with Crippen LogP contribution < -0.4 is 4.90 Å². The highest BCUT2D eigenvalue weighted by molar-refractivity contribution is 6.34. The number of hydrogen-bond acceptors (Lipinski definition) is 5. The lowest BCUT2D eigenvalue weighted by Gasteiger charge is -2.17. The fourth-order valence-corrected chi connectivity index (χ4v) is 1.96. The Morgan fingerprint density at radius 3 is 2.62 bits per heavy atom. The molecule has 1 aliphatic heterocycles. The van der Waals surface area contributed by atoms with Crippen molar-refractivity contribution in [3.8, 4) is 6.07 Å². The van der Waals surface area contributed by atoms with Crippen LogP contribution in [0.15, 0.2) is 12.3 Å². The minimum atomic E-state index is -0.802. The Bertz CT molecular complexity index is 436. The first kappa shape index (κ1) is 11.1. The molecule has 84 valence electrons. The molecule has 0 aromatic carbocycles. The average molecular weight is 240 g/mol. The smallest absolute Gasteiger partial charge is 0.148 e. The average Bonchev–Trinajstić information content (AvgIpc) is 2.59. The summed E-state index contributed by atoms with van der Waals surface area (Å²) in [6.45, 7) is 0.533. The maximum absolute atomic E-state index is 9.42. The molecular formula is C10H10ClN3O2. The summed E-state index contributed by atoms with van der Waals surface area (Å²) in [5.74, 6) is 0.427. The summed E-state index contributed by atoms with van der Waals surface area (Å²) >= 11 is 5.99. The van der Waals surface area contributed by atoms with Crippen LogP contribution in [-0.2, 0) is 0 Å². The van der Waals surface area contributed by atoms with Gasteiger partial charge in [0, 0.05) is 19.3 Å². The number of anilines is 1. The van der Waals surface area contributed by atoms with Crippen molar-refractivity contribution in [1.29, 1.82) is 5.26 Å². The minimum Gasteiger partial charge on any atom is -0.389 e. The van der Waals surface area contributed by atoms with E-state index >= 15 is 0 Å². The van der Waals surface area contributed by atoms with Crippen molar-refractivity contribution >= 4 is 17.4 Å². The molecule has 2 unspecified atom stereocenters. The lowest BCUT2D eigenvalue weighted by molar-refractivity contribution is 0.0572. The molecule has 0 amide bonds. The van der Waals surface area contributed by atoms with Crippen LogP contribution in [0.5, 0.6) is 0 Å². The van der Waals surface area contributed by atoms with Crippen molar-refractivity contribution in [2.24, 2.45) is 0 Å². The van der Waals surface area contributed by atoms with Gasteiger partial charge in [-0.15, -0.1) is 0 Å². The Labute approximate surface area is 97.5 Å². The lowest BCUT2D eigenvalue weighted by atomic mass is 10.3. The molecule has 1 saturated heterocycles. The van der Waals surface area contributed by atoms with E-state index in [0.717, 1.165) is 0 Å². The van der Waals surface area contributed by atoms with Gasteiger partial charge < -0.3 is 15.1 Å². The van der Waals surface area contributed by atoms with Gasteiger partial charge in [0.05, 0.1) is 17.8 Å². The van der Waals surface area contributed by atoms with Gasteiger partial charge in [0.2, 0.25) is 0 Å². The second kappa shape index (κ2) is 4.26. The van der Waals surface area contributed by atoms with E-state index in [1.807, 2.05) is 6.07 Å². The third kappa shape index (κ3) is 1.83. The van der Waals surface area contributed by atoms with Gasteiger partial charge >= 0.3 is 0 Å². The van der Waals surface area contributed by atoms with Gasteiger partial charge in [-0.3, -0.25) is 0 Å². The topological polar surface area (TPSA) is 80.4 Å². The lowest BCUT2D eigenvalue weighted by Crippen LogP contribution is -2.22. The molecular weight excluding hydrogens is 230 g/mol. The number of aromatic nitrogens is 1. The molecule has 0 spiro atoms. The maximum Gasteiger partial charge on any atom is 0.148 e. The Morgan fingerprint density at radius 1 is 1.44 bits per heavy atom. The summed E-state index contributed by atoms with van der Waals surface area (Å²) in [6.07, 6.45) is -0.121. The molecule has 1 aromatic heterocycles. The van der Waals surface area contributed by atoms with E-state index in [-0.39, 0.29) is 18.1 Å². The highest BCUT2D eigenvalue weighted by atomic mass is 35.5. The van der Waals surface area contributed by atoms with E-state index in [9.17, 15) is 10.2 Å². The van der Waals surface area contributed by atoms with Gasteiger partial charge in [-0.2, -0.15) is 5.26 Å². The molecule has 1 aromatic rings. The molecule has 0 bridgehead atoms. The number of aliphatic hydroxyl groups excluding tert-OH is 2. The van der Waals surface area contributed by atoms with Crippen LogP contribution in [0.3, 0.4) is 0 Å². The molecule has 1 aliphatic rings. The van der Waals surface area contributed by atoms with Crippen LogP contribution in [0.2, 0.25) is 5.02 Å². The summed E-state index contributed by atoms with van der Waals surface area (Å²) in [7, 11) is 0. The molecule has 0 aliphatic carbocycles. The molecule has 16 heavy (non-hydrogen) atoms. The van der Waals surface area contributed by atoms with Gasteiger partial charge in [-0.1, -0.05) is 11.6 Å². The number of pyridine rings is 1. The third-order valence-electron chi connectivity index (χ3n) is 2.55. The Morgan fingerprint density at radius 2 is 2.06 bits per heavy atom. The second-order valence-corrected chi connectivity index (χ2v) is 4.03. The normalized spacial score (nSPS) is 24.5. The highest BCUT2D eigenvalue weighted by Gasteiger charge is 2.31. The summed E-state index contributed by atoms with van der Waals surface area (Å²) in [5, 5.41) is 27.9. The Balaban J connectivity index is 2.32. The van der Waals surface area contributed by atoms with E-state index in [1.54, 1.807) is 4.90 Å². The largest absolute Gasteiger partial charge is 0.389 e. The van der Waals surface area contributed by atoms with Crippen LogP contribution in [-0.4, -0.2) is 40.5 Å². The van der Waals surface area contributed by atoms with Gasteiger partial charge in [-0.25, -0.2) is 4.98 Å². The van der Waals surface area contributed by atoms with Crippen LogP contribution in [0.1, 0.15) is 5.56 Å². The van der Waals surface area contributed by atoms with Crippen molar-refractivity contribution in [3.05, 3.63) is 22.8 Å². The molecule has 2 atom stereocenters. The van der Waals surface area contributed by atoms with Crippen molar-refractivity contribution in [3.63, 3.8) is 0 Å². The predicted octanol–water partition coefficient (Wildman–Crippen LogP) is 0.148. The highest BCUT2D eigenvalue weighted by Crippen LogP contribution is 2.28. The maximum atomic E-state index is 9.42. The number of nitriles is 1. The first-order valence-electron chi connectivity index (χ1n) is 4.79. The van der Waals surface area contributed by atoms with Crippen LogP contribution in [0.4, 0.5) is 5.82 Å². The molecule has 2 rings (SSSR count). The first-order chi connectivity index (χ1) is 7.63. The predicted molar refractivity (Wildman–Crippen MR) is 58.2 cm³/mol. The number of rotatable bonds is 1. The number of β-amino-alcohol motifs (C(OH)–C–C–N with tert-alkyl or cyclic N) is 2. The van der Waals surface area contributed by atoms with Crippen molar-refractivity contribution in [1.82, 2.24) is 4.98 Å². The van der Waals surface area contributed by atoms with E-state index in [4.69, 9.17) is 16.9 Å². The Hall–Kier alpha value is -1.35. The molecule has 6 heteroatoms. The van der Waals surface area contributed by atoms with Crippen LogP contribution in [0, 0.1) is 11.3 Å². The molecule has 2 N–H and O–H groups in total. The number of aliphatic hydroxyl groups is 2. The molecule has 0 radical (unpaired) electrons. The zero-order chi connectivity index (χ0) is 11.7. The monoisotopic (exact) mass is 239 g/mol. The Kier molecular flexibility index (Phi) is 2.97. The quantitative estimate of drug-likeness (QED) is 0.729. The second-order valence-electron chi connectivity index (χ2n) is 3.65. The van der Waals surface area contributed by atoms with Crippen molar-refractivity contribution in [2.45, 2.75) is 12.2 Å². The van der Waals surface area contributed by atoms with Crippen LogP contribution in [0.25, 0.3) is 0 Å². The summed E-state index contributed by atoms with van der Waals surface area (Å²) < 4.78 is 0. The number of nitrogens with zero attached hydrogens (tertiary/aromatic N) is 3. The van der Waals surface area contributed by atoms with Gasteiger partial charge in [0.1, 0.15) is 16.9 Å². The van der Waals surface area contributed by atoms with Crippen LogP contribution >= 0.6 is 11.6 Å². The van der Waals surface area contributed by atoms with E-state index < -0.39 is 12.2 Å². The van der Waals surface area contributed by atoms with Crippen molar-refractivity contribution in [2.75, 3.05) is 18.0 Å². The zero-order valence-corrected chi connectivity index (χ0v) is 9.09. The van der Waals surface area contributed by atoms with Gasteiger partial charge in [0.15, 0.2) is 0 Å². The molecule has 5 nitrogen and oxygen atoms in total. The van der Waals surface area contributed by atoms with E-state index in [0.29, 0.717) is 11.4 Å². The summed E-state index contributed by atoms with van der Waals surface area (Å²) in [6, 6.07) is 3.48. The fraction of sp³-hybridized carbons (Fsp3) is 0.400. The van der Waals surface area contributed by atoms with E-state index in [1.165, 1.54) is 12.3 Å². The fourth-order valence-electron chi connectivity index (χ4n) is 1.68. The number of hydrogen-bond donors (Lipinski definition) is 2. The number of halogens is 1. The summed E-state index contributed by atoms with van der Waals surface area (Å²) in [4.78, 5) is 5.72. The summed E-state index contributed by atoms with van der Waals surface area (Å²) in [5.41, 5.74) is 0.336. The first-order valence-corrected chi connectivity index (χ1v) is 5.17. The van der Waals surface area contributed by atoms with Gasteiger partial charge in [0.25, 0.3) is 0 Å². The zero-order valence-electron chi connectivity index (χ0n) is 8.34. The molecule has 1 fully saturated rings. The van der Waals surface area contributed by atoms with Gasteiger partial charge in [-0.05, 0) is 6.07 Å². The van der Waals surface area contributed by atoms with Crippen molar-refractivity contribution < 1.29 is 10.2 Å². The SMILES string of the molecule is N#Cc1ccnc(N2CC(O)C(O)C2)c1Cl. The van der Waals surface area contributed by atoms with E-state index in [2.05, 4.69) is 4.98 Å². The standard InChI is InChI=1S/C10H10ClN3O2/c11-9-6(3-12)1-2-13-10(9)14-4-7(15)8(16)5-14/h1-2,7-8,15-16H,4-5H2. The third-order valence-corrected chi connectivity index (χ3v) is 2.92. The minimum absolute atomic E-state index is 0.256.